The molecule has 0 radical (unpaired) electrons. The molecule has 1 atom stereocenters. The molecule has 1 aliphatic heterocycles. The highest BCUT2D eigenvalue weighted by Crippen LogP contribution is 2.34. The number of benzene rings is 3. The zero-order chi connectivity index (χ0) is 25.3. The third kappa shape index (κ3) is 4.88. The molecule has 36 heavy (non-hydrogen) atoms. The third-order valence-electron chi connectivity index (χ3n) is 6.50. The van der Waals surface area contributed by atoms with Crippen molar-refractivity contribution >= 4 is 21.6 Å². The van der Waals surface area contributed by atoms with Gasteiger partial charge in [0.25, 0.3) is 10.0 Å². The molecule has 1 N–H and O–H groups in total. The van der Waals surface area contributed by atoms with Crippen molar-refractivity contribution in [1.82, 2.24) is 5.32 Å². The highest BCUT2D eigenvalue weighted by atomic mass is 32.2. The van der Waals surface area contributed by atoms with Gasteiger partial charge in [0.05, 0.1) is 16.6 Å². The Hall–Kier alpha value is -3.59. The zero-order valence-electron chi connectivity index (χ0n) is 19.9. The quantitative estimate of drug-likeness (QED) is 0.516. The maximum Gasteiger partial charge on any atom is 0.264 e. The van der Waals surface area contributed by atoms with E-state index in [1.807, 2.05) is 13.0 Å². The molecule has 0 aromatic heterocycles. The molecule has 0 saturated carbocycles. The van der Waals surface area contributed by atoms with Crippen molar-refractivity contribution < 1.29 is 27.1 Å². The predicted molar refractivity (Wildman–Crippen MR) is 133 cm³/mol. The first-order valence-electron chi connectivity index (χ1n) is 11.9. The fraction of sp³-hybridized carbons (Fsp3) is 0.296. The summed E-state index contributed by atoms with van der Waals surface area (Å²) in [5.74, 6) is -0.218. The number of carbonyl (C=O) groups is 1. The van der Waals surface area contributed by atoms with E-state index in [1.165, 1.54) is 41.5 Å². The Bertz CT molecular complexity index is 1390. The number of nitrogens with one attached hydrogen (secondary N) is 1. The highest BCUT2D eigenvalue weighted by molar-refractivity contribution is 7.92. The molecule has 9 heteroatoms. The second-order valence-electron chi connectivity index (χ2n) is 8.96. The van der Waals surface area contributed by atoms with Gasteiger partial charge in [-0.3, -0.25) is 9.10 Å². The number of sulfonamides is 1. The number of aryl methyl sites for hydroxylation is 2. The Kier molecular flexibility index (Phi) is 6.57. The summed E-state index contributed by atoms with van der Waals surface area (Å²) in [5, 5.41) is 2.91. The van der Waals surface area contributed by atoms with Gasteiger partial charge in [-0.25, -0.2) is 12.8 Å². The molecule has 0 saturated heterocycles. The number of amides is 1. The monoisotopic (exact) mass is 510 g/mol. The summed E-state index contributed by atoms with van der Waals surface area (Å²) in [6.45, 7) is 2.08. The first kappa shape index (κ1) is 24.1. The molecular weight excluding hydrogens is 483 g/mol. The normalized spacial score (nSPS) is 15.2. The summed E-state index contributed by atoms with van der Waals surface area (Å²) in [4.78, 5) is 13.0. The highest BCUT2D eigenvalue weighted by Gasteiger charge is 2.29. The van der Waals surface area contributed by atoms with Crippen molar-refractivity contribution in [3.8, 4) is 11.5 Å². The summed E-state index contributed by atoms with van der Waals surface area (Å²) >= 11 is 0. The Balaban J connectivity index is 1.40. The molecule has 1 heterocycles. The molecule has 3 aromatic rings. The van der Waals surface area contributed by atoms with Crippen LogP contribution in [0, 0.1) is 5.82 Å². The van der Waals surface area contributed by atoms with Crippen LogP contribution in [0.5, 0.6) is 11.5 Å². The zero-order valence-corrected chi connectivity index (χ0v) is 20.7. The average molecular weight is 511 g/mol. The molecule has 0 bridgehead atoms. The number of hydrogen-bond donors (Lipinski definition) is 1. The maximum atomic E-state index is 13.7. The molecular formula is C27H27FN2O5S. The number of rotatable bonds is 7. The molecule has 1 unspecified atom stereocenters. The van der Waals surface area contributed by atoms with Gasteiger partial charge in [-0.05, 0) is 79.3 Å². The summed E-state index contributed by atoms with van der Waals surface area (Å²) in [6, 6.07) is 15.2. The largest absolute Gasteiger partial charge is 0.486 e. The number of ether oxygens (including phenoxy) is 2. The van der Waals surface area contributed by atoms with Gasteiger partial charge >= 0.3 is 0 Å². The van der Waals surface area contributed by atoms with Crippen molar-refractivity contribution in [2.45, 2.75) is 37.1 Å². The molecule has 0 fully saturated rings. The second kappa shape index (κ2) is 9.81. The Morgan fingerprint density at radius 1 is 0.972 bits per heavy atom. The Morgan fingerprint density at radius 3 is 2.47 bits per heavy atom. The average Bonchev–Trinajstić information content (AvgIpc) is 3.35. The van der Waals surface area contributed by atoms with Crippen LogP contribution >= 0.6 is 0 Å². The lowest BCUT2D eigenvalue weighted by Crippen LogP contribution is -2.41. The molecule has 0 spiro atoms. The molecule has 1 amide bonds. The van der Waals surface area contributed by atoms with Gasteiger partial charge in [0.1, 0.15) is 25.6 Å². The van der Waals surface area contributed by atoms with E-state index in [0.717, 1.165) is 41.3 Å². The van der Waals surface area contributed by atoms with Gasteiger partial charge in [0.2, 0.25) is 5.91 Å². The number of halogens is 1. The van der Waals surface area contributed by atoms with Gasteiger partial charge in [0.15, 0.2) is 11.5 Å². The fourth-order valence-corrected chi connectivity index (χ4v) is 6.03. The van der Waals surface area contributed by atoms with Gasteiger partial charge in [-0.1, -0.05) is 18.2 Å². The number of hydrogen-bond acceptors (Lipinski definition) is 5. The topological polar surface area (TPSA) is 84.9 Å². The first-order valence-corrected chi connectivity index (χ1v) is 13.3. The van der Waals surface area contributed by atoms with E-state index >= 15 is 0 Å². The number of carbonyl (C=O) groups excluding carboxylic acids is 1. The summed E-state index contributed by atoms with van der Waals surface area (Å²) in [6.07, 6.45) is 3.22. The van der Waals surface area contributed by atoms with Crippen LogP contribution in [0.3, 0.4) is 0 Å². The molecule has 2 aliphatic rings. The standard InChI is InChI=1S/C27H27FN2O5S/c1-18(20-6-5-19-3-2-4-21(19)15-20)29-27(31)17-30(23-9-7-22(28)8-10-23)36(32,33)24-11-12-25-26(16-24)35-14-13-34-25/h5-12,15-16,18H,2-4,13-14,17H2,1H3,(H,29,31). The van der Waals surface area contributed by atoms with Crippen molar-refractivity contribution in [1.29, 1.82) is 0 Å². The number of nitrogens with zero attached hydrogens (tertiary/aromatic N) is 1. The van der Waals surface area contributed by atoms with E-state index in [4.69, 9.17) is 9.47 Å². The van der Waals surface area contributed by atoms with Crippen molar-refractivity contribution in [2.75, 3.05) is 24.1 Å². The lowest BCUT2D eigenvalue weighted by molar-refractivity contribution is -0.120. The van der Waals surface area contributed by atoms with E-state index < -0.39 is 28.3 Å². The van der Waals surface area contributed by atoms with Crippen LogP contribution in [0.25, 0.3) is 0 Å². The van der Waals surface area contributed by atoms with Crippen LogP contribution in [0.4, 0.5) is 10.1 Å². The van der Waals surface area contributed by atoms with Crippen molar-refractivity contribution in [3.05, 3.63) is 83.2 Å². The minimum atomic E-state index is -4.19. The van der Waals surface area contributed by atoms with Crippen LogP contribution in [0.15, 0.2) is 65.6 Å². The van der Waals surface area contributed by atoms with E-state index in [1.54, 1.807) is 0 Å². The van der Waals surface area contributed by atoms with Crippen LogP contribution in [0.1, 0.15) is 36.1 Å². The summed E-state index contributed by atoms with van der Waals surface area (Å²) < 4.78 is 53.0. The van der Waals surface area contributed by atoms with Crippen LogP contribution in [-0.2, 0) is 27.7 Å². The van der Waals surface area contributed by atoms with E-state index in [-0.39, 0.29) is 16.6 Å². The fourth-order valence-electron chi connectivity index (χ4n) is 4.60. The number of fused-ring (bicyclic) bond motifs is 2. The van der Waals surface area contributed by atoms with Crippen LogP contribution in [-0.4, -0.2) is 34.1 Å². The number of anilines is 1. The predicted octanol–water partition coefficient (Wildman–Crippen LogP) is 4.16. The minimum Gasteiger partial charge on any atom is -0.486 e. The van der Waals surface area contributed by atoms with Crippen molar-refractivity contribution in [3.63, 3.8) is 0 Å². The molecule has 188 valence electrons. The van der Waals surface area contributed by atoms with Gasteiger partial charge in [-0.2, -0.15) is 0 Å². The lowest BCUT2D eigenvalue weighted by atomic mass is 10.0. The van der Waals surface area contributed by atoms with E-state index in [9.17, 15) is 17.6 Å². The molecule has 1 aliphatic carbocycles. The van der Waals surface area contributed by atoms with E-state index in [0.29, 0.717) is 24.7 Å². The smallest absolute Gasteiger partial charge is 0.264 e. The van der Waals surface area contributed by atoms with Gasteiger partial charge < -0.3 is 14.8 Å². The summed E-state index contributed by atoms with van der Waals surface area (Å²) in [5.41, 5.74) is 3.77. The maximum absolute atomic E-state index is 13.7. The molecule has 7 nitrogen and oxygen atoms in total. The van der Waals surface area contributed by atoms with E-state index in [2.05, 4.69) is 17.4 Å². The Labute approximate surface area is 209 Å². The first-order chi connectivity index (χ1) is 17.3. The molecule has 3 aromatic carbocycles. The van der Waals surface area contributed by atoms with Gasteiger partial charge in [-0.15, -0.1) is 0 Å². The third-order valence-corrected chi connectivity index (χ3v) is 8.27. The van der Waals surface area contributed by atoms with Crippen LogP contribution < -0.4 is 19.1 Å². The lowest BCUT2D eigenvalue weighted by Gasteiger charge is -2.26. The second-order valence-corrected chi connectivity index (χ2v) is 10.8. The summed E-state index contributed by atoms with van der Waals surface area (Å²) in [7, 11) is -4.19. The SMILES string of the molecule is CC(NC(=O)CN(c1ccc(F)cc1)S(=O)(=O)c1ccc2c(c1)OCCO2)c1ccc2c(c1)CCC2. The van der Waals surface area contributed by atoms with Gasteiger partial charge in [0, 0.05) is 6.07 Å². The van der Waals surface area contributed by atoms with Crippen molar-refractivity contribution in [2.24, 2.45) is 0 Å². The minimum absolute atomic E-state index is 0.0597. The molecule has 5 rings (SSSR count). The Morgan fingerprint density at radius 2 is 1.69 bits per heavy atom. The van der Waals surface area contributed by atoms with Crippen LogP contribution in [0.2, 0.25) is 0 Å².